The summed E-state index contributed by atoms with van der Waals surface area (Å²) >= 11 is 0. The van der Waals surface area contributed by atoms with Crippen molar-refractivity contribution in [3.05, 3.63) is 89.5 Å². The molecular formula is C24H23NO6S. The fourth-order valence-corrected chi connectivity index (χ4v) is 3.66. The van der Waals surface area contributed by atoms with Gasteiger partial charge in [-0.25, -0.2) is 13.2 Å². The van der Waals surface area contributed by atoms with Crippen LogP contribution in [0.4, 0.5) is 5.69 Å². The quantitative estimate of drug-likeness (QED) is 0.544. The van der Waals surface area contributed by atoms with Gasteiger partial charge in [-0.15, -0.1) is 0 Å². The van der Waals surface area contributed by atoms with Gasteiger partial charge in [0.1, 0.15) is 5.75 Å². The zero-order chi connectivity index (χ0) is 23.3. The molecule has 0 aliphatic heterocycles. The summed E-state index contributed by atoms with van der Waals surface area (Å²) < 4.78 is 34.1. The first kappa shape index (κ1) is 23.0. The van der Waals surface area contributed by atoms with E-state index in [9.17, 15) is 18.0 Å². The molecule has 1 N–H and O–H groups in total. The topological polar surface area (TPSA) is 98.8 Å². The molecule has 0 bridgehead atoms. The van der Waals surface area contributed by atoms with E-state index in [1.165, 1.54) is 31.4 Å². The Bertz CT molecular complexity index is 1220. The van der Waals surface area contributed by atoms with E-state index < -0.39 is 27.8 Å². The molecule has 0 spiro atoms. The predicted molar refractivity (Wildman–Crippen MR) is 121 cm³/mol. The van der Waals surface area contributed by atoms with Crippen LogP contribution in [0.25, 0.3) is 0 Å². The number of carbonyl (C=O) groups excluding carboxylic acids is 2. The van der Waals surface area contributed by atoms with Crippen molar-refractivity contribution >= 4 is 27.4 Å². The molecule has 3 rings (SSSR count). The van der Waals surface area contributed by atoms with Crippen molar-refractivity contribution in [1.29, 1.82) is 0 Å². The van der Waals surface area contributed by atoms with E-state index in [4.69, 9.17) is 9.47 Å². The Balaban J connectivity index is 1.88. The Morgan fingerprint density at radius 1 is 0.938 bits per heavy atom. The molecule has 0 unspecified atom stereocenters. The molecule has 3 aromatic carbocycles. The van der Waals surface area contributed by atoms with Gasteiger partial charge in [-0.2, -0.15) is 0 Å². The highest BCUT2D eigenvalue weighted by molar-refractivity contribution is 7.90. The van der Waals surface area contributed by atoms with Crippen LogP contribution in [0.1, 0.15) is 27.6 Å². The van der Waals surface area contributed by atoms with Crippen molar-refractivity contribution in [2.75, 3.05) is 18.7 Å². The number of carbonyl (C=O) groups is 2. The lowest BCUT2D eigenvalue weighted by atomic mass is 10.1. The van der Waals surface area contributed by atoms with Crippen molar-refractivity contribution in [1.82, 2.24) is 0 Å². The molecule has 0 aliphatic rings. The lowest BCUT2D eigenvalue weighted by Crippen LogP contribution is -2.26. The molecule has 1 atom stereocenters. The third-order valence-electron chi connectivity index (χ3n) is 4.70. The average Bonchev–Trinajstić information content (AvgIpc) is 2.77. The van der Waals surface area contributed by atoms with Crippen molar-refractivity contribution < 1.29 is 27.5 Å². The Kier molecular flexibility index (Phi) is 6.95. The summed E-state index contributed by atoms with van der Waals surface area (Å²) in [6.45, 7) is 1.88. The largest absolute Gasteiger partial charge is 0.495 e. The number of hydrogen-bond donors (Lipinski definition) is 1. The number of anilines is 1. The molecule has 0 saturated carbocycles. The fourth-order valence-electron chi connectivity index (χ4n) is 3.03. The summed E-state index contributed by atoms with van der Waals surface area (Å²) in [5.41, 5.74) is 1.98. The molecule has 0 heterocycles. The predicted octanol–water partition coefficient (Wildman–Crippen LogP) is 3.94. The van der Waals surface area contributed by atoms with E-state index in [0.717, 1.165) is 11.8 Å². The van der Waals surface area contributed by atoms with Crippen molar-refractivity contribution in [3.63, 3.8) is 0 Å². The third kappa shape index (κ3) is 5.53. The van der Waals surface area contributed by atoms with Gasteiger partial charge in [0, 0.05) is 11.8 Å². The van der Waals surface area contributed by atoms with Gasteiger partial charge in [-0.05, 0) is 48.9 Å². The normalized spacial score (nSPS) is 12.0. The van der Waals surface area contributed by atoms with E-state index in [2.05, 4.69) is 5.32 Å². The lowest BCUT2D eigenvalue weighted by Gasteiger charge is -2.19. The number of aryl methyl sites for hydroxylation is 1. The lowest BCUT2D eigenvalue weighted by molar-refractivity contribution is -0.125. The standard InChI is InChI=1S/C24H23NO6S/c1-16-9-14-21(30-2)20(15-16)25-23(26)22(17-7-5-4-6-8-17)31-24(27)18-10-12-19(13-11-18)32(3,28)29/h4-15,22H,1-3H3,(H,25,26)/t22-/m0/s1. The zero-order valence-electron chi connectivity index (χ0n) is 17.9. The van der Waals surface area contributed by atoms with Gasteiger partial charge >= 0.3 is 5.97 Å². The molecule has 8 heteroatoms. The fraction of sp³-hybridized carbons (Fsp3) is 0.167. The van der Waals surface area contributed by atoms with Crippen LogP contribution in [0.3, 0.4) is 0 Å². The molecule has 0 aromatic heterocycles. The maximum Gasteiger partial charge on any atom is 0.339 e. The van der Waals surface area contributed by atoms with Crippen LogP contribution in [0.15, 0.2) is 77.7 Å². The minimum Gasteiger partial charge on any atom is -0.495 e. The molecule has 166 valence electrons. The molecule has 7 nitrogen and oxygen atoms in total. The van der Waals surface area contributed by atoms with Crippen LogP contribution in [-0.2, 0) is 19.4 Å². The molecule has 0 saturated heterocycles. The molecule has 0 fully saturated rings. The van der Waals surface area contributed by atoms with Gasteiger partial charge in [-0.3, -0.25) is 4.79 Å². The van der Waals surface area contributed by atoms with Crippen molar-refractivity contribution in [2.24, 2.45) is 0 Å². The summed E-state index contributed by atoms with van der Waals surface area (Å²) in [6, 6.07) is 19.3. The monoisotopic (exact) mass is 453 g/mol. The minimum atomic E-state index is -3.40. The van der Waals surface area contributed by atoms with Gasteiger partial charge in [0.05, 0.1) is 23.3 Å². The molecule has 32 heavy (non-hydrogen) atoms. The van der Waals surface area contributed by atoms with E-state index in [1.54, 1.807) is 42.5 Å². The number of esters is 1. The first-order valence-electron chi connectivity index (χ1n) is 9.70. The maximum absolute atomic E-state index is 13.1. The Hall–Kier alpha value is -3.65. The number of nitrogens with one attached hydrogen (secondary N) is 1. The third-order valence-corrected chi connectivity index (χ3v) is 5.82. The van der Waals surface area contributed by atoms with Crippen molar-refractivity contribution in [2.45, 2.75) is 17.9 Å². The number of hydrogen-bond acceptors (Lipinski definition) is 6. The maximum atomic E-state index is 13.1. The molecule has 0 radical (unpaired) electrons. The van der Waals surface area contributed by atoms with Crippen molar-refractivity contribution in [3.8, 4) is 5.75 Å². The van der Waals surface area contributed by atoms with Crippen LogP contribution in [-0.4, -0.2) is 33.7 Å². The average molecular weight is 454 g/mol. The van der Waals surface area contributed by atoms with Gasteiger partial charge < -0.3 is 14.8 Å². The van der Waals surface area contributed by atoms with Crippen LogP contribution in [0.2, 0.25) is 0 Å². The Morgan fingerprint density at radius 3 is 2.19 bits per heavy atom. The SMILES string of the molecule is COc1ccc(C)cc1NC(=O)[C@@H](OC(=O)c1ccc(S(C)(=O)=O)cc1)c1ccccc1. The van der Waals surface area contributed by atoms with E-state index in [1.807, 2.05) is 13.0 Å². The molecule has 1 amide bonds. The summed E-state index contributed by atoms with van der Waals surface area (Å²) in [7, 11) is -1.90. The highest BCUT2D eigenvalue weighted by Crippen LogP contribution is 2.28. The number of benzene rings is 3. The first-order valence-corrected chi connectivity index (χ1v) is 11.6. The summed E-state index contributed by atoms with van der Waals surface area (Å²) in [4.78, 5) is 26.0. The highest BCUT2D eigenvalue weighted by Gasteiger charge is 2.26. The Labute approximate surface area is 186 Å². The smallest absolute Gasteiger partial charge is 0.339 e. The van der Waals surface area contributed by atoms with Gasteiger partial charge in [0.2, 0.25) is 6.10 Å². The number of ether oxygens (including phenoxy) is 2. The van der Waals surface area contributed by atoms with Gasteiger partial charge in [0.15, 0.2) is 9.84 Å². The summed E-state index contributed by atoms with van der Waals surface area (Å²) in [5, 5.41) is 2.77. The van der Waals surface area contributed by atoms with E-state index in [0.29, 0.717) is 17.0 Å². The van der Waals surface area contributed by atoms with E-state index in [-0.39, 0.29) is 10.5 Å². The van der Waals surface area contributed by atoms with Crippen LogP contribution in [0.5, 0.6) is 5.75 Å². The molecule has 0 aliphatic carbocycles. The second-order valence-electron chi connectivity index (χ2n) is 7.19. The summed E-state index contributed by atoms with van der Waals surface area (Å²) in [5.74, 6) is -0.843. The Morgan fingerprint density at radius 2 is 1.59 bits per heavy atom. The minimum absolute atomic E-state index is 0.0814. The van der Waals surface area contributed by atoms with Crippen LogP contribution in [0, 0.1) is 6.92 Å². The molecule has 3 aromatic rings. The second-order valence-corrected chi connectivity index (χ2v) is 9.20. The number of rotatable bonds is 7. The highest BCUT2D eigenvalue weighted by atomic mass is 32.2. The van der Waals surface area contributed by atoms with E-state index >= 15 is 0 Å². The first-order chi connectivity index (χ1) is 15.2. The number of methoxy groups -OCH3 is 1. The number of sulfone groups is 1. The molecular weight excluding hydrogens is 430 g/mol. The van der Waals surface area contributed by atoms with Crippen LogP contribution >= 0.6 is 0 Å². The second kappa shape index (κ2) is 9.65. The number of amides is 1. The van der Waals surface area contributed by atoms with Gasteiger partial charge in [-0.1, -0.05) is 36.4 Å². The zero-order valence-corrected chi connectivity index (χ0v) is 18.7. The van der Waals surface area contributed by atoms with Crippen LogP contribution < -0.4 is 10.1 Å². The van der Waals surface area contributed by atoms with Gasteiger partial charge in [0.25, 0.3) is 5.91 Å². The summed E-state index contributed by atoms with van der Waals surface area (Å²) in [6.07, 6.45) is -0.154.